The number of carbonyl (C=O) groups is 2. The van der Waals surface area contributed by atoms with Crippen molar-refractivity contribution in [3.63, 3.8) is 0 Å². The molecule has 6 N–H and O–H groups in total. The summed E-state index contributed by atoms with van der Waals surface area (Å²) in [7, 11) is -3.99. The molecule has 0 saturated carbocycles. The molecule has 0 atom stereocenters. The van der Waals surface area contributed by atoms with E-state index in [1.807, 2.05) is 55.8 Å². The maximum absolute atomic E-state index is 12.4. The van der Waals surface area contributed by atoms with Crippen LogP contribution in [0.3, 0.4) is 0 Å². The first-order chi connectivity index (χ1) is 18.6. The van der Waals surface area contributed by atoms with E-state index in [-0.39, 0.29) is 11.4 Å². The van der Waals surface area contributed by atoms with Gasteiger partial charge in [-0.3, -0.25) is 9.36 Å². The highest BCUT2D eigenvalue weighted by Crippen LogP contribution is 2.29. The van der Waals surface area contributed by atoms with Crippen molar-refractivity contribution in [2.24, 2.45) is 11.5 Å². The Hall–Kier alpha value is -4.22. The standard InChI is InChI=1S/C28H32N6O4S/c1-4-24-32-26-18(3)25(27(30)35)17(2)15-23(26)34(24)21-9-5-19(6-10-21)13-14-31-28(36)33-39(37,38)22-11-7-20(16-29)8-12-22/h5-12,15H,4,13-14,16,29H2,1-3H3,(H2,30,35)(H2,31,33,36). The van der Waals surface area contributed by atoms with Crippen LogP contribution in [0.2, 0.25) is 0 Å². The van der Waals surface area contributed by atoms with Crippen LogP contribution in [0, 0.1) is 13.8 Å². The number of hydrogen-bond acceptors (Lipinski definition) is 6. The van der Waals surface area contributed by atoms with Crippen LogP contribution in [0.15, 0.2) is 59.5 Å². The molecule has 0 fully saturated rings. The molecule has 4 aromatic rings. The van der Waals surface area contributed by atoms with Gasteiger partial charge in [0.2, 0.25) is 5.91 Å². The molecule has 39 heavy (non-hydrogen) atoms. The summed E-state index contributed by atoms with van der Waals surface area (Å²) in [6.45, 7) is 6.29. The number of nitrogens with two attached hydrogens (primary N) is 2. The molecular weight excluding hydrogens is 516 g/mol. The van der Waals surface area contributed by atoms with Crippen LogP contribution in [0.5, 0.6) is 0 Å². The second-order valence-corrected chi connectivity index (χ2v) is 11.0. The number of aromatic nitrogens is 2. The lowest BCUT2D eigenvalue weighted by Gasteiger charge is -2.12. The molecule has 1 heterocycles. The van der Waals surface area contributed by atoms with E-state index in [0.29, 0.717) is 24.9 Å². The number of hydrogen-bond donors (Lipinski definition) is 4. The first-order valence-corrected chi connectivity index (χ1v) is 14.0. The SMILES string of the molecule is CCc1nc2c(C)c(C(N)=O)c(C)cc2n1-c1ccc(CCNC(=O)NS(=O)(=O)c2ccc(CN)cc2)cc1. The van der Waals surface area contributed by atoms with Gasteiger partial charge in [0.05, 0.1) is 15.9 Å². The van der Waals surface area contributed by atoms with Crippen molar-refractivity contribution >= 4 is 33.0 Å². The molecule has 0 aliphatic rings. The molecule has 4 rings (SSSR count). The number of nitrogens with zero attached hydrogens (tertiary/aromatic N) is 2. The van der Waals surface area contributed by atoms with E-state index in [1.165, 1.54) is 12.1 Å². The van der Waals surface area contributed by atoms with E-state index in [4.69, 9.17) is 16.5 Å². The molecule has 11 heteroatoms. The van der Waals surface area contributed by atoms with Crippen LogP contribution in [0.25, 0.3) is 16.7 Å². The minimum Gasteiger partial charge on any atom is -0.366 e. The first kappa shape index (κ1) is 27.8. The number of fused-ring (bicyclic) bond motifs is 1. The second-order valence-electron chi connectivity index (χ2n) is 9.27. The summed E-state index contributed by atoms with van der Waals surface area (Å²) in [5.74, 6) is 0.393. The fourth-order valence-electron chi connectivity index (χ4n) is 4.64. The van der Waals surface area contributed by atoms with Gasteiger partial charge in [0.1, 0.15) is 5.82 Å². The monoisotopic (exact) mass is 548 g/mol. The minimum atomic E-state index is -3.99. The number of benzene rings is 3. The molecule has 0 spiro atoms. The van der Waals surface area contributed by atoms with Gasteiger partial charge in [0, 0.05) is 30.8 Å². The molecule has 1 aromatic heterocycles. The van der Waals surface area contributed by atoms with Crippen molar-refractivity contribution in [1.82, 2.24) is 19.6 Å². The third kappa shape index (κ3) is 5.79. The Morgan fingerprint density at radius 3 is 2.23 bits per heavy atom. The number of urea groups is 1. The predicted molar refractivity (Wildman–Crippen MR) is 150 cm³/mol. The van der Waals surface area contributed by atoms with E-state index in [2.05, 4.69) is 9.88 Å². The molecule has 3 aromatic carbocycles. The Kier molecular flexibility index (Phi) is 8.03. The van der Waals surface area contributed by atoms with E-state index < -0.39 is 22.0 Å². The highest BCUT2D eigenvalue weighted by molar-refractivity contribution is 7.90. The van der Waals surface area contributed by atoms with E-state index >= 15 is 0 Å². The van der Waals surface area contributed by atoms with Gasteiger partial charge in [-0.1, -0.05) is 31.2 Å². The summed E-state index contributed by atoms with van der Waals surface area (Å²) < 4.78 is 29.0. The Bertz CT molecular complexity index is 1640. The van der Waals surface area contributed by atoms with Crippen molar-refractivity contribution < 1.29 is 18.0 Å². The van der Waals surface area contributed by atoms with Crippen molar-refractivity contribution in [3.05, 3.63) is 88.2 Å². The summed E-state index contributed by atoms with van der Waals surface area (Å²) in [5, 5.41) is 2.59. The lowest BCUT2D eigenvalue weighted by Crippen LogP contribution is -2.40. The number of carbonyl (C=O) groups excluding carboxylic acids is 2. The van der Waals surface area contributed by atoms with Gasteiger partial charge < -0.3 is 16.8 Å². The summed E-state index contributed by atoms with van der Waals surface area (Å²) in [5.41, 5.74) is 17.5. The molecule has 0 saturated heterocycles. The quantitative estimate of drug-likeness (QED) is 0.251. The Morgan fingerprint density at radius 1 is 1.00 bits per heavy atom. The third-order valence-electron chi connectivity index (χ3n) is 6.61. The zero-order valence-electron chi connectivity index (χ0n) is 22.1. The number of sulfonamides is 1. The van der Waals surface area contributed by atoms with Crippen LogP contribution in [-0.2, 0) is 29.4 Å². The molecular formula is C28H32N6O4S. The molecule has 0 unspecified atom stereocenters. The molecule has 0 aliphatic carbocycles. The predicted octanol–water partition coefficient (Wildman–Crippen LogP) is 2.99. The fraction of sp³-hybridized carbons (Fsp3) is 0.250. The zero-order chi connectivity index (χ0) is 28.3. The average molecular weight is 549 g/mol. The molecule has 3 amide bonds. The number of primary amides is 1. The Morgan fingerprint density at radius 2 is 1.64 bits per heavy atom. The lowest BCUT2D eigenvalue weighted by molar-refractivity contribution is 0.0999. The summed E-state index contributed by atoms with van der Waals surface area (Å²) in [6, 6.07) is 15.0. The number of imidazole rings is 1. The zero-order valence-corrected chi connectivity index (χ0v) is 22.9. The van der Waals surface area contributed by atoms with Gasteiger partial charge in [0.15, 0.2) is 0 Å². The molecule has 0 aliphatic heterocycles. The highest BCUT2D eigenvalue weighted by Gasteiger charge is 2.20. The van der Waals surface area contributed by atoms with Crippen molar-refractivity contribution in [2.75, 3.05) is 6.54 Å². The maximum Gasteiger partial charge on any atom is 0.328 e. The summed E-state index contributed by atoms with van der Waals surface area (Å²) in [6.07, 6.45) is 1.20. The smallest absolute Gasteiger partial charge is 0.328 e. The van der Waals surface area contributed by atoms with Gasteiger partial charge in [-0.05, 0) is 72.9 Å². The lowest BCUT2D eigenvalue weighted by atomic mass is 10.0. The van der Waals surface area contributed by atoms with E-state index in [9.17, 15) is 18.0 Å². The molecule has 0 radical (unpaired) electrons. The largest absolute Gasteiger partial charge is 0.366 e. The minimum absolute atomic E-state index is 0.0137. The van der Waals surface area contributed by atoms with Crippen LogP contribution < -0.4 is 21.5 Å². The third-order valence-corrected chi connectivity index (χ3v) is 7.96. The summed E-state index contributed by atoms with van der Waals surface area (Å²) in [4.78, 5) is 28.9. The van der Waals surface area contributed by atoms with Gasteiger partial charge in [-0.2, -0.15) is 0 Å². The van der Waals surface area contributed by atoms with Gasteiger partial charge >= 0.3 is 6.03 Å². The van der Waals surface area contributed by atoms with Gasteiger partial charge in [-0.15, -0.1) is 0 Å². The molecule has 0 bridgehead atoms. The fourth-order valence-corrected chi connectivity index (χ4v) is 5.57. The summed E-state index contributed by atoms with van der Waals surface area (Å²) >= 11 is 0. The topological polar surface area (TPSA) is 162 Å². The van der Waals surface area contributed by atoms with E-state index in [1.54, 1.807) is 12.1 Å². The van der Waals surface area contributed by atoms with E-state index in [0.717, 1.165) is 44.8 Å². The maximum atomic E-state index is 12.4. The average Bonchev–Trinajstić information content (AvgIpc) is 3.27. The van der Waals surface area contributed by atoms with Crippen LogP contribution in [0.4, 0.5) is 4.79 Å². The number of nitrogens with one attached hydrogen (secondary N) is 2. The normalized spacial score (nSPS) is 11.5. The van der Waals surface area contributed by atoms with Gasteiger partial charge in [0.25, 0.3) is 10.0 Å². The van der Waals surface area contributed by atoms with Crippen molar-refractivity contribution in [1.29, 1.82) is 0 Å². The Balaban J connectivity index is 1.44. The molecule has 204 valence electrons. The van der Waals surface area contributed by atoms with Crippen molar-refractivity contribution in [3.8, 4) is 5.69 Å². The van der Waals surface area contributed by atoms with Crippen LogP contribution >= 0.6 is 0 Å². The number of amides is 3. The highest BCUT2D eigenvalue weighted by atomic mass is 32.2. The Labute approximate surface area is 227 Å². The number of aryl methyl sites for hydroxylation is 3. The van der Waals surface area contributed by atoms with Crippen molar-refractivity contribution in [2.45, 2.75) is 45.1 Å². The van der Waals surface area contributed by atoms with Gasteiger partial charge in [-0.25, -0.2) is 22.9 Å². The number of rotatable bonds is 9. The first-order valence-electron chi connectivity index (χ1n) is 12.6. The second kappa shape index (κ2) is 11.3. The van der Waals surface area contributed by atoms with Crippen LogP contribution in [-0.4, -0.2) is 36.5 Å². The molecule has 10 nitrogen and oxygen atoms in total. The van der Waals surface area contributed by atoms with Crippen LogP contribution in [0.1, 0.15) is 45.4 Å².